The molecule has 0 aliphatic heterocycles. The van der Waals surface area contributed by atoms with E-state index < -0.39 is 28.5 Å². The van der Waals surface area contributed by atoms with Crippen molar-refractivity contribution >= 4 is 39.1 Å². The third-order valence-corrected chi connectivity index (χ3v) is 8.40. The molecule has 1 N–H and O–H groups in total. The lowest BCUT2D eigenvalue weighted by Gasteiger charge is -2.33. The topological polar surface area (TPSA) is 86.8 Å². The molecule has 0 saturated heterocycles. The summed E-state index contributed by atoms with van der Waals surface area (Å²) >= 11 is 6.26. The van der Waals surface area contributed by atoms with E-state index in [0.717, 1.165) is 21.0 Å². The Balaban J connectivity index is 2.11. The molecule has 202 valence electrons. The van der Waals surface area contributed by atoms with Crippen molar-refractivity contribution in [3.8, 4) is 0 Å². The Morgan fingerprint density at radius 2 is 1.63 bits per heavy atom. The van der Waals surface area contributed by atoms with Gasteiger partial charge in [-0.1, -0.05) is 72.1 Å². The van der Waals surface area contributed by atoms with E-state index in [4.69, 9.17) is 11.6 Å². The normalized spacial score (nSPS) is 12.1. The molecule has 3 rings (SSSR count). The number of benzene rings is 3. The number of rotatable bonds is 10. The minimum atomic E-state index is -4.15. The molecule has 7 nitrogen and oxygen atoms in total. The predicted molar refractivity (Wildman–Crippen MR) is 152 cm³/mol. The molecule has 0 fully saturated rings. The van der Waals surface area contributed by atoms with Gasteiger partial charge in [0.15, 0.2) is 0 Å². The summed E-state index contributed by atoms with van der Waals surface area (Å²) in [5.74, 6) is -0.822. The van der Waals surface area contributed by atoms with E-state index in [1.165, 1.54) is 30.1 Å². The van der Waals surface area contributed by atoms with E-state index in [0.29, 0.717) is 22.7 Å². The summed E-state index contributed by atoms with van der Waals surface area (Å²) in [6.45, 7) is 7.04. The van der Waals surface area contributed by atoms with Crippen LogP contribution in [-0.4, -0.2) is 44.8 Å². The lowest BCUT2D eigenvalue weighted by molar-refractivity contribution is -0.140. The number of halogens is 1. The first-order chi connectivity index (χ1) is 18.0. The van der Waals surface area contributed by atoms with Crippen molar-refractivity contribution in [3.05, 3.63) is 94.0 Å². The zero-order valence-corrected chi connectivity index (χ0v) is 23.9. The lowest BCUT2D eigenvalue weighted by Crippen LogP contribution is -2.51. The van der Waals surface area contributed by atoms with Crippen LogP contribution in [0.4, 0.5) is 5.69 Å². The van der Waals surface area contributed by atoms with E-state index in [9.17, 15) is 18.0 Å². The Kier molecular flexibility index (Phi) is 9.57. The molecule has 0 saturated carbocycles. The summed E-state index contributed by atoms with van der Waals surface area (Å²) < 4.78 is 28.9. The molecule has 0 spiro atoms. The zero-order chi connectivity index (χ0) is 28.0. The Bertz CT molecular complexity index is 1410. The fourth-order valence-electron chi connectivity index (χ4n) is 4.30. The fraction of sp³-hybridized carbons (Fsp3) is 0.310. The quantitative estimate of drug-likeness (QED) is 0.381. The highest BCUT2D eigenvalue weighted by Crippen LogP contribution is 2.30. The van der Waals surface area contributed by atoms with E-state index in [-0.39, 0.29) is 17.3 Å². The molecule has 0 radical (unpaired) electrons. The number of hydrogen-bond acceptors (Lipinski definition) is 4. The Hall–Kier alpha value is -3.36. The van der Waals surface area contributed by atoms with Crippen LogP contribution in [0.5, 0.6) is 0 Å². The smallest absolute Gasteiger partial charge is 0.264 e. The van der Waals surface area contributed by atoms with Gasteiger partial charge >= 0.3 is 0 Å². The van der Waals surface area contributed by atoms with Gasteiger partial charge in [0.25, 0.3) is 10.0 Å². The van der Waals surface area contributed by atoms with Crippen LogP contribution in [0.15, 0.2) is 71.6 Å². The minimum absolute atomic E-state index is 0.0545. The number of hydrogen-bond donors (Lipinski definition) is 1. The van der Waals surface area contributed by atoms with E-state index >= 15 is 0 Å². The molecule has 38 heavy (non-hydrogen) atoms. The van der Waals surface area contributed by atoms with Crippen molar-refractivity contribution in [2.45, 2.75) is 51.6 Å². The molecule has 0 aromatic heterocycles. The Morgan fingerprint density at radius 3 is 2.24 bits per heavy atom. The van der Waals surface area contributed by atoms with Crippen molar-refractivity contribution in [1.82, 2.24) is 10.2 Å². The van der Waals surface area contributed by atoms with Gasteiger partial charge in [-0.15, -0.1) is 0 Å². The molecule has 0 heterocycles. The van der Waals surface area contributed by atoms with Gasteiger partial charge in [0.1, 0.15) is 12.6 Å². The van der Waals surface area contributed by atoms with Crippen molar-refractivity contribution in [2.75, 3.05) is 17.9 Å². The predicted octanol–water partition coefficient (Wildman–Crippen LogP) is 5.01. The highest BCUT2D eigenvalue weighted by atomic mass is 35.5. The van der Waals surface area contributed by atoms with Crippen LogP contribution in [0.25, 0.3) is 0 Å². The molecule has 2 amide bonds. The van der Waals surface area contributed by atoms with Crippen LogP contribution in [0.2, 0.25) is 5.02 Å². The van der Waals surface area contributed by atoms with Gasteiger partial charge in [-0.25, -0.2) is 8.42 Å². The van der Waals surface area contributed by atoms with Crippen molar-refractivity contribution in [3.63, 3.8) is 0 Å². The maximum atomic E-state index is 14.0. The van der Waals surface area contributed by atoms with Crippen molar-refractivity contribution < 1.29 is 18.0 Å². The van der Waals surface area contributed by atoms with Crippen LogP contribution in [-0.2, 0) is 26.2 Å². The number of anilines is 1. The molecule has 0 bridgehead atoms. The highest BCUT2D eigenvalue weighted by molar-refractivity contribution is 7.92. The van der Waals surface area contributed by atoms with Gasteiger partial charge in [0, 0.05) is 18.6 Å². The maximum absolute atomic E-state index is 14.0. The van der Waals surface area contributed by atoms with Gasteiger partial charge in [0.05, 0.1) is 10.6 Å². The summed E-state index contributed by atoms with van der Waals surface area (Å²) in [6.07, 6.45) is 0.359. The molecule has 3 aromatic carbocycles. The number of aryl methyl sites for hydroxylation is 3. The number of nitrogens with one attached hydrogen (secondary N) is 1. The SMILES string of the molecule is CC[C@@H](C(=O)NC)N(Cc1cccc(C)c1)C(=O)CN(c1cc(Cl)ccc1C)S(=O)(=O)c1ccc(C)cc1. The van der Waals surface area contributed by atoms with Gasteiger partial charge in [-0.05, 0) is 62.6 Å². The van der Waals surface area contributed by atoms with E-state index in [2.05, 4.69) is 5.32 Å². The number of sulfonamides is 1. The summed E-state index contributed by atoms with van der Waals surface area (Å²) in [5.41, 5.74) is 3.70. The third kappa shape index (κ3) is 6.74. The maximum Gasteiger partial charge on any atom is 0.264 e. The van der Waals surface area contributed by atoms with Gasteiger partial charge in [-0.3, -0.25) is 13.9 Å². The number of nitrogens with zero attached hydrogens (tertiary/aromatic N) is 2. The zero-order valence-electron chi connectivity index (χ0n) is 22.4. The first-order valence-electron chi connectivity index (χ1n) is 12.4. The summed E-state index contributed by atoms with van der Waals surface area (Å²) in [6, 6.07) is 18.3. The van der Waals surface area contributed by atoms with Crippen molar-refractivity contribution in [1.29, 1.82) is 0 Å². The van der Waals surface area contributed by atoms with Crippen LogP contribution < -0.4 is 9.62 Å². The largest absolute Gasteiger partial charge is 0.357 e. The van der Waals surface area contributed by atoms with E-state index in [1.54, 1.807) is 31.2 Å². The number of amides is 2. The van der Waals surface area contributed by atoms with Gasteiger partial charge in [0.2, 0.25) is 11.8 Å². The number of carbonyl (C=O) groups excluding carboxylic acids is 2. The molecule has 1 atom stereocenters. The monoisotopic (exact) mass is 555 g/mol. The first-order valence-corrected chi connectivity index (χ1v) is 14.2. The van der Waals surface area contributed by atoms with Gasteiger partial charge < -0.3 is 10.2 Å². The van der Waals surface area contributed by atoms with Crippen LogP contribution in [0.1, 0.15) is 35.6 Å². The number of carbonyl (C=O) groups is 2. The second kappa shape index (κ2) is 12.5. The number of likely N-dealkylation sites (N-methyl/N-ethyl adjacent to an activating group) is 1. The molecular formula is C29H34ClN3O4S. The van der Waals surface area contributed by atoms with Crippen LogP contribution >= 0.6 is 11.6 Å². The molecule has 0 aliphatic rings. The second-order valence-electron chi connectivity index (χ2n) is 9.30. The molecule has 3 aromatic rings. The average molecular weight is 556 g/mol. The van der Waals surface area contributed by atoms with Gasteiger partial charge in [-0.2, -0.15) is 0 Å². The van der Waals surface area contributed by atoms with E-state index in [1.807, 2.05) is 45.0 Å². The molecule has 0 aliphatic carbocycles. The van der Waals surface area contributed by atoms with Crippen molar-refractivity contribution in [2.24, 2.45) is 0 Å². The fourth-order valence-corrected chi connectivity index (χ4v) is 5.93. The summed E-state index contributed by atoms with van der Waals surface area (Å²) in [4.78, 5) is 28.3. The Morgan fingerprint density at radius 1 is 0.947 bits per heavy atom. The molecule has 0 unspecified atom stereocenters. The highest BCUT2D eigenvalue weighted by Gasteiger charge is 2.34. The minimum Gasteiger partial charge on any atom is -0.357 e. The lowest BCUT2D eigenvalue weighted by atomic mass is 10.1. The average Bonchev–Trinajstić information content (AvgIpc) is 2.88. The summed E-state index contributed by atoms with van der Waals surface area (Å²) in [7, 11) is -2.63. The van der Waals surface area contributed by atoms with Crippen LogP contribution in [0.3, 0.4) is 0 Å². The molecule has 9 heteroatoms. The molecular weight excluding hydrogens is 522 g/mol. The standard InChI is InChI=1S/C29H34ClN3O4S/c1-6-26(29(35)31-5)32(18-23-9-7-8-21(3)16-23)28(34)19-33(27-17-24(30)13-12-22(27)4)38(36,37)25-14-10-20(2)11-15-25/h7-17,26H,6,18-19H2,1-5H3,(H,31,35)/t26-/m0/s1. The third-order valence-electron chi connectivity index (χ3n) is 6.40. The summed E-state index contributed by atoms with van der Waals surface area (Å²) in [5, 5.41) is 2.97. The second-order valence-corrected chi connectivity index (χ2v) is 11.6. The first kappa shape index (κ1) is 29.2. The van der Waals surface area contributed by atoms with Crippen LogP contribution in [0, 0.1) is 20.8 Å². The Labute approximate surface area is 230 Å².